The van der Waals surface area contributed by atoms with E-state index in [1.54, 1.807) is 22.8 Å². The molecule has 3 N–H and O–H groups in total. The number of nitrogens with two attached hydrogens (primary N) is 1. The number of benzene rings is 1. The summed E-state index contributed by atoms with van der Waals surface area (Å²) < 4.78 is 12.7. The van der Waals surface area contributed by atoms with Gasteiger partial charge in [-0.15, -0.1) is 5.10 Å². The zero-order valence-electron chi connectivity index (χ0n) is 16.1. The van der Waals surface area contributed by atoms with Crippen molar-refractivity contribution in [2.24, 2.45) is 5.73 Å². The summed E-state index contributed by atoms with van der Waals surface area (Å²) in [6.45, 7) is 5.43. The van der Waals surface area contributed by atoms with Crippen molar-refractivity contribution < 1.29 is 14.3 Å². The van der Waals surface area contributed by atoms with Crippen molar-refractivity contribution in [3.05, 3.63) is 42.6 Å². The van der Waals surface area contributed by atoms with Crippen LogP contribution in [0.5, 0.6) is 11.6 Å². The van der Waals surface area contributed by atoms with Crippen LogP contribution >= 0.6 is 0 Å². The van der Waals surface area contributed by atoms with Crippen molar-refractivity contribution in [3.8, 4) is 22.9 Å². The number of nitrogens with one attached hydrogen (secondary N) is 1. The lowest BCUT2D eigenvalue weighted by atomic mass is 10.1. The molecule has 1 aromatic carbocycles. The highest BCUT2D eigenvalue weighted by atomic mass is 16.5. The number of carbonyl (C=O) groups excluding carboxylic acids is 1. The normalized spacial score (nSPS) is 14.8. The molecule has 9 heteroatoms. The minimum Gasteiger partial charge on any atom is -0.475 e. The van der Waals surface area contributed by atoms with Crippen molar-refractivity contribution >= 4 is 11.6 Å². The second-order valence-electron chi connectivity index (χ2n) is 6.73. The van der Waals surface area contributed by atoms with Gasteiger partial charge < -0.3 is 20.5 Å². The molecule has 0 amide bonds. The van der Waals surface area contributed by atoms with Crippen LogP contribution in [0.2, 0.25) is 0 Å². The molecule has 1 aliphatic heterocycles. The van der Waals surface area contributed by atoms with Gasteiger partial charge in [0.25, 0.3) is 0 Å². The average molecular weight is 396 g/mol. The van der Waals surface area contributed by atoms with Gasteiger partial charge >= 0.3 is 5.97 Å². The van der Waals surface area contributed by atoms with Crippen LogP contribution in [0.3, 0.4) is 0 Å². The molecule has 0 radical (unpaired) electrons. The maximum atomic E-state index is 11.3. The van der Waals surface area contributed by atoms with E-state index in [2.05, 4.69) is 20.3 Å². The largest absolute Gasteiger partial charge is 0.475 e. The molecule has 1 fully saturated rings. The second-order valence-corrected chi connectivity index (χ2v) is 6.73. The lowest BCUT2D eigenvalue weighted by Crippen LogP contribution is -2.44. The number of hydrogen-bond donors (Lipinski definition) is 2. The zero-order chi connectivity index (χ0) is 20.1. The van der Waals surface area contributed by atoms with Gasteiger partial charge in [-0.1, -0.05) is 0 Å². The summed E-state index contributed by atoms with van der Waals surface area (Å²) in [6.07, 6.45) is 1.76. The lowest BCUT2D eigenvalue weighted by molar-refractivity contribution is -0.132. The van der Waals surface area contributed by atoms with E-state index >= 15 is 0 Å². The Bertz CT molecular complexity index is 966. The molecule has 3 heterocycles. The van der Waals surface area contributed by atoms with Gasteiger partial charge in [0, 0.05) is 44.4 Å². The van der Waals surface area contributed by atoms with E-state index in [4.69, 9.17) is 15.2 Å². The van der Waals surface area contributed by atoms with Crippen LogP contribution in [0.1, 0.15) is 0 Å². The first kappa shape index (κ1) is 19.3. The van der Waals surface area contributed by atoms with Crippen LogP contribution in [0.4, 0.5) is 0 Å². The third kappa shape index (κ3) is 4.70. The second kappa shape index (κ2) is 8.99. The smallest absolute Gasteiger partial charge is 0.325 e. The van der Waals surface area contributed by atoms with Gasteiger partial charge in [-0.3, -0.25) is 9.69 Å². The first-order valence-corrected chi connectivity index (χ1v) is 9.65. The van der Waals surface area contributed by atoms with Gasteiger partial charge in [0.05, 0.1) is 18.4 Å². The van der Waals surface area contributed by atoms with Gasteiger partial charge in [0.15, 0.2) is 5.65 Å². The minimum absolute atomic E-state index is 0.156. The maximum Gasteiger partial charge on any atom is 0.325 e. The van der Waals surface area contributed by atoms with Gasteiger partial charge in [-0.05, 0) is 30.3 Å². The molecule has 29 heavy (non-hydrogen) atoms. The van der Waals surface area contributed by atoms with Gasteiger partial charge in [-0.2, -0.15) is 0 Å². The topological polar surface area (TPSA) is 107 Å². The van der Waals surface area contributed by atoms with E-state index in [1.165, 1.54) is 0 Å². The molecule has 9 nitrogen and oxygen atoms in total. The van der Waals surface area contributed by atoms with E-state index < -0.39 is 5.97 Å². The quantitative estimate of drug-likeness (QED) is 0.440. The first-order valence-electron chi connectivity index (χ1n) is 9.65. The monoisotopic (exact) mass is 396 g/mol. The van der Waals surface area contributed by atoms with E-state index in [9.17, 15) is 4.79 Å². The minimum atomic E-state index is -0.475. The van der Waals surface area contributed by atoms with Crippen molar-refractivity contribution in [1.82, 2.24) is 24.8 Å². The fraction of sp³-hybridized carbons (Fsp3) is 0.350. The van der Waals surface area contributed by atoms with Gasteiger partial charge in [-0.25, -0.2) is 9.50 Å². The number of carbonyl (C=O) groups is 1. The van der Waals surface area contributed by atoms with E-state index in [-0.39, 0.29) is 6.54 Å². The van der Waals surface area contributed by atoms with E-state index in [1.807, 2.05) is 24.3 Å². The molecule has 4 rings (SSSR count). The standard InChI is InChI=1S/C20H24N6O3/c21-13-20(27)29-16-3-1-15(2-4-16)17-14-23-18-5-6-19(24-26(17)18)28-12-11-25-9-7-22-8-10-25/h1-6,14,22H,7-13,21H2. The molecule has 0 spiro atoms. The molecule has 2 aromatic heterocycles. The van der Waals surface area contributed by atoms with Gasteiger partial charge in [0.2, 0.25) is 5.88 Å². The summed E-state index contributed by atoms with van der Waals surface area (Å²) in [5, 5.41) is 7.92. The molecule has 3 aromatic rings. The van der Waals surface area contributed by atoms with Crippen molar-refractivity contribution in [2.75, 3.05) is 45.9 Å². The molecule has 0 aliphatic carbocycles. The molecule has 1 aliphatic rings. The first-order chi connectivity index (χ1) is 14.2. The van der Waals surface area contributed by atoms with Crippen LogP contribution in [0, 0.1) is 0 Å². The predicted octanol–water partition coefficient (Wildman–Crippen LogP) is 0.544. The number of fused-ring (bicyclic) bond motifs is 1. The number of rotatable bonds is 7. The Hall–Kier alpha value is -3.01. The Kier molecular flexibility index (Phi) is 5.99. The van der Waals surface area contributed by atoms with Crippen LogP contribution in [-0.2, 0) is 4.79 Å². The Morgan fingerprint density at radius 3 is 2.69 bits per heavy atom. The van der Waals surface area contributed by atoms with Crippen molar-refractivity contribution in [3.63, 3.8) is 0 Å². The Morgan fingerprint density at radius 1 is 1.14 bits per heavy atom. The van der Waals surface area contributed by atoms with E-state index in [0.29, 0.717) is 18.2 Å². The summed E-state index contributed by atoms with van der Waals surface area (Å²) >= 11 is 0. The van der Waals surface area contributed by atoms with Crippen molar-refractivity contribution in [2.45, 2.75) is 0 Å². The predicted molar refractivity (Wildman–Crippen MR) is 108 cm³/mol. The molecular weight excluding hydrogens is 372 g/mol. The highest BCUT2D eigenvalue weighted by Gasteiger charge is 2.11. The Morgan fingerprint density at radius 2 is 1.93 bits per heavy atom. The number of nitrogens with zero attached hydrogens (tertiary/aromatic N) is 4. The van der Waals surface area contributed by atoms with Crippen molar-refractivity contribution in [1.29, 1.82) is 0 Å². The SMILES string of the molecule is NCC(=O)Oc1ccc(-c2cnc3ccc(OCCN4CCNCC4)nn23)cc1. The number of piperazine rings is 1. The number of aromatic nitrogens is 3. The number of ether oxygens (including phenoxy) is 2. The molecule has 0 atom stereocenters. The highest BCUT2D eigenvalue weighted by Crippen LogP contribution is 2.24. The fourth-order valence-electron chi connectivity index (χ4n) is 3.21. The number of esters is 1. The summed E-state index contributed by atoms with van der Waals surface area (Å²) in [7, 11) is 0. The molecule has 0 bridgehead atoms. The maximum absolute atomic E-state index is 11.3. The third-order valence-corrected chi connectivity index (χ3v) is 4.75. The van der Waals surface area contributed by atoms with Crippen LogP contribution in [0.15, 0.2) is 42.6 Å². The Balaban J connectivity index is 1.45. The molecular formula is C20H24N6O3. The number of imidazole rings is 1. The summed E-state index contributed by atoms with van der Waals surface area (Å²) in [4.78, 5) is 18.1. The van der Waals surface area contributed by atoms with Crippen LogP contribution in [-0.4, -0.2) is 71.3 Å². The summed E-state index contributed by atoms with van der Waals surface area (Å²) in [5.74, 6) is 0.528. The summed E-state index contributed by atoms with van der Waals surface area (Å²) in [5.41, 5.74) is 7.72. The average Bonchev–Trinajstić information content (AvgIpc) is 3.18. The Labute approximate surface area is 168 Å². The van der Waals surface area contributed by atoms with E-state index in [0.717, 1.165) is 49.6 Å². The molecule has 1 saturated heterocycles. The summed E-state index contributed by atoms with van der Waals surface area (Å²) in [6, 6.07) is 10.9. The lowest BCUT2D eigenvalue weighted by Gasteiger charge is -2.26. The third-order valence-electron chi connectivity index (χ3n) is 4.75. The highest BCUT2D eigenvalue weighted by molar-refractivity contribution is 5.74. The van der Waals surface area contributed by atoms with Crippen LogP contribution in [0.25, 0.3) is 16.9 Å². The van der Waals surface area contributed by atoms with Crippen LogP contribution < -0.4 is 20.5 Å². The molecule has 0 unspecified atom stereocenters. The molecule has 152 valence electrons. The molecule has 0 saturated carbocycles. The number of hydrogen-bond acceptors (Lipinski definition) is 8. The fourth-order valence-corrected chi connectivity index (χ4v) is 3.21. The van der Waals surface area contributed by atoms with Gasteiger partial charge in [0.1, 0.15) is 12.4 Å². The zero-order valence-corrected chi connectivity index (χ0v) is 16.1.